The Hall–Kier alpha value is -2.11. The highest BCUT2D eigenvalue weighted by Crippen LogP contribution is 2.18. The van der Waals surface area contributed by atoms with Gasteiger partial charge in [0.05, 0.1) is 0 Å². The molecule has 0 aliphatic rings. The van der Waals surface area contributed by atoms with Crippen LogP contribution in [0.5, 0.6) is 0 Å². The monoisotopic (exact) mass is 971 g/mol. The predicted molar refractivity (Wildman–Crippen MR) is 298 cm³/mol. The van der Waals surface area contributed by atoms with Crippen LogP contribution < -0.4 is 0 Å². The molecule has 6 nitrogen and oxygen atoms in total. The summed E-state index contributed by atoms with van der Waals surface area (Å²) in [7, 11) is 0. The molecule has 69 heavy (non-hydrogen) atoms. The lowest BCUT2D eigenvalue weighted by Crippen LogP contribution is -2.30. The largest absolute Gasteiger partial charge is 0.462 e. The smallest absolute Gasteiger partial charge is 0.306 e. The molecule has 1 unspecified atom stereocenters. The number of allylic oxidation sites excluding steroid dienone is 4. The standard InChI is InChI=1S/C63H118O6/c1-4-7-10-13-16-19-20-21-22-23-24-25-26-27-28-29-30-31-32-33-34-35-36-37-38-39-40-41-42-43-44-45-48-50-53-56-62(65)68-59-60(69-63(66)57-54-51-47-18-15-12-9-6-3)58-67-61(64)55-52-49-46-17-14-11-8-5-2/h20-21,23-24,60H,4-19,22,25-59H2,1-3H3/b21-20-,24-23-. The summed E-state index contributed by atoms with van der Waals surface area (Å²) in [4.78, 5) is 37.8. The highest BCUT2D eigenvalue weighted by Gasteiger charge is 2.19. The van der Waals surface area contributed by atoms with E-state index < -0.39 is 6.10 Å². The van der Waals surface area contributed by atoms with E-state index >= 15 is 0 Å². The topological polar surface area (TPSA) is 78.9 Å². The van der Waals surface area contributed by atoms with Gasteiger partial charge in [0.15, 0.2) is 6.10 Å². The van der Waals surface area contributed by atoms with Crippen molar-refractivity contribution in [2.24, 2.45) is 0 Å². The average Bonchev–Trinajstić information content (AvgIpc) is 3.35. The fourth-order valence-electron chi connectivity index (χ4n) is 9.30. The summed E-state index contributed by atoms with van der Waals surface area (Å²) in [5, 5.41) is 0. The molecular weight excluding hydrogens is 853 g/mol. The van der Waals surface area contributed by atoms with Gasteiger partial charge in [-0.3, -0.25) is 14.4 Å². The van der Waals surface area contributed by atoms with Crippen LogP contribution in [0.15, 0.2) is 24.3 Å². The molecule has 0 saturated heterocycles. The van der Waals surface area contributed by atoms with Crippen molar-refractivity contribution in [1.29, 1.82) is 0 Å². The van der Waals surface area contributed by atoms with Crippen LogP contribution in [0.1, 0.15) is 342 Å². The number of ether oxygens (including phenoxy) is 3. The molecule has 0 heterocycles. The Morgan fingerprint density at radius 2 is 0.522 bits per heavy atom. The van der Waals surface area contributed by atoms with E-state index in [4.69, 9.17) is 14.2 Å². The van der Waals surface area contributed by atoms with E-state index in [9.17, 15) is 14.4 Å². The molecule has 0 aromatic carbocycles. The zero-order valence-electron chi connectivity index (χ0n) is 46.6. The van der Waals surface area contributed by atoms with Crippen LogP contribution in [0, 0.1) is 0 Å². The van der Waals surface area contributed by atoms with Gasteiger partial charge in [-0.05, 0) is 51.4 Å². The van der Waals surface area contributed by atoms with E-state index in [2.05, 4.69) is 45.1 Å². The van der Waals surface area contributed by atoms with Gasteiger partial charge in [-0.2, -0.15) is 0 Å². The zero-order chi connectivity index (χ0) is 50.0. The van der Waals surface area contributed by atoms with Gasteiger partial charge in [-0.25, -0.2) is 0 Å². The fraction of sp³-hybridized carbons (Fsp3) is 0.889. The first-order valence-electron chi connectivity index (χ1n) is 30.8. The van der Waals surface area contributed by atoms with Crippen molar-refractivity contribution in [3.05, 3.63) is 24.3 Å². The summed E-state index contributed by atoms with van der Waals surface area (Å²) in [6, 6.07) is 0. The minimum absolute atomic E-state index is 0.0649. The van der Waals surface area contributed by atoms with Gasteiger partial charge in [0, 0.05) is 19.3 Å². The first-order chi connectivity index (χ1) is 34.0. The van der Waals surface area contributed by atoms with Crippen LogP contribution in [0.3, 0.4) is 0 Å². The Bertz CT molecular complexity index is 1110. The minimum Gasteiger partial charge on any atom is -0.462 e. The van der Waals surface area contributed by atoms with Crippen LogP contribution in [0.25, 0.3) is 0 Å². The Morgan fingerprint density at radius 3 is 0.797 bits per heavy atom. The van der Waals surface area contributed by atoms with Crippen molar-refractivity contribution >= 4 is 17.9 Å². The highest BCUT2D eigenvalue weighted by molar-refractivity contribution is 5.71. The second kappa shape index (κ2) is 58.5. The van der Waals surface area contributed by atoms with E-state index in [1.165, 1.54) is 238 Å². The number of hydrogen-bond donors (Lipinski definition) is 0. The van der Waals surface area contributed by atoms with Gasteiger partial charge >= 0.3 is 17.9 Å². The third-order valence-corrected chi connectivity index (χ3v) is 14.0. The molecule has 0 bridgehead atoms. The van der Waals surface area contributed by atoms with Crippen LogP contribution in [-0.4, -0.2) is 37.2 Å². The molecule has 0 amide bonds. The van der Waals surface area contributed by atoms with Crippen molar-refractivity contribution < 1.29 is 28.6 Å². The first-order valence-corrected chi connectivity index (χ1v) is 30.8. The second-order valence-electron chi connectivity index (χ2n) is 21.0. The van der Waals surface area contributed by atoms with E-state index in [1.807, 2.05) is 0 Å². The normalized spacial score (nSPS) is 12.1. The maximum Gasteiger partial charge on any atom is 0.306 e. The summed E-state index contributed by atoms with van der Waals surface area (Å²) in [5.74, 6) is -0.856. The maximum absolute atomic E-state index is 12.7. The molecule has 0 rings (SSSR count). The second-order valence-corrected chi connectivity index (χ2v) is 21.0. The number of hydrogen-bond acceptors (Lipinski definition) is 6. The number of unbranched alkanes of at least 4 members (excludes halogenated alkanes) is 42. The van der Waals surface area contributed by atoms with E-state index in [1.54, 1.807) is 0 Å². The lowest BCUT2D eigenvalue weighted by Gasteiger charge is -2.18. The van der Waals surface area contributed by atoms with E-state index in [0.717, 1.165) is 64.2 Å². The van der Waals surface area contributed by atoms with Crippen LogP contribution >= 0.6 is 0 Å². The average molecular weight is 972 g/mol. The Balaban J connectivity index is 3.80. The SMILES string of the molecule is CCCCCCC/C=C\C/C=C\CCCCCCCCCCCCCCCCCCCCCCCCCC(=O)OCC(COC(=O)CCCCCCCCCC)OC(=O)CCCCCCCCCC. The van der Waals surface area contributed by atoms with Crippen LogP contribution in [0.4, 0.5) is 0 Å². The Kier molecular flexibility index (Phi) is 56.7. The molecule has 0 fully saturated rings. The molecule has 0 radical (unpaired) electrons. The van der Waals surface area contributed by atoms with Crippen molar-refractivity contribution in [3.8, 4) is 0 Å². The van der Waals surface area contributed by atoms with Crippen molar-refractivity contribution in [2.45, 2.75) is 348 Å². The van der Waals surface area contributed by atoms with Crippen LogP contribution in [0.2, 0.25) is 0 Å². The van der Waals surface area contributed by atoms with Crippen molar-refractivity contribution in [1.82, 2.24) is 0 Å². The van der Waals surface area contributed by atoms with Gasteiger partial charge in [0.25, 0.3) is 0 Å². The number of esters is 3. The van der Waals surface area contributed by atoms with E-state index in [0.29, 0.717) is 19.3 Å². The van der Waals surface area contributed by atoms with Gasteiger partial charge < -0.3 is 14.2 Å². The maximum atomic E-state index is 12.7. The van der Waals surface area contributed by atoms with Gasteiger partial charge in [0.2, 0.25) is 0 Å². The summed E-state index contributed by atoms with van der Waals surface area (Å²) in [6.45, 7) is 6.61. The molecule has 0 aliphatic carbocycles. The lowest BCUT2D eigenvalue weighted by molar-refractivity contribution is -0.167. The van der Waals surface area contributed by atoms with Gasteiger partial charge in [-0.15, -0.1) is 0 Å². The number of carbonyl (C=O) groups excluding carboxylic acids is 3. The third kappa shape index (κ3) is 56.7. The van der Waals surface area contributed by atoms with Crippen LogP contribution in [-0.2, 0) is 28.6 Å². The number of rotatable bonds is 57. The molecule has 0 saturated carbocycles. The fourth-order valence-corrected chi connectivity index (χ4v) is 9.30. The summed E-state index contributed by atoms with van der Waals surface area (Å²) >= 11 is 0. The zero-order valence-corrected chi connectivity index (χ0v) is 46.6. The van der Waals surface area contributed by atoms with Crippen molar-refractivity contribution in [2.75, 3.05) is 13.2 Å². The lowest BCUT2D eigenvalue weighted by atomic mass is 10.0. The molecule has 0 aromatic rings. The predicted octanol–water partition coefficient (Wildman–Crippen LogP) is 20.7. The molecule has 0 aromatic heterocycles. The molecule has 0 aliphatic heterocycles. The quantitative estimate of drug-likeness (QED) is 0.0261. The highest BCUT2D eigenvalue weighted by atomic mass is 16.6. The minimum atomic E-state index is -0.760. The molecular formula is C63H118O6. The van der Waals surface area contributed by atoms with Gasteiger partial charge in [-0.1, -0.05) is 295 Å². The Labute approximate surface area is 430 Å². The Morgan fingerprint density at radius 1 is 0.290 bits per heavy atom. The molecule has 0 N–H and O–H groups in total. The molecule has 6 heteroatoms. The summed E-state index contributed by atoms with van der Waals surface area (Å²) in [5.41, 5.74) is 0. The summed E-state index contributed by atoms with van der Waals surface area (Å²) in [6.07, 6.45) is 69.6. The number of carbonyl (C=O) groups is 3. The van der Waals surface area contributed by atoms with Crippen molar-refractivity contribution in [3.63, 3.8) is 0 Å². The van der Waals surface area contributed by atoms with Gasteiger partial charge in [0.1, 0.15) is 13.2 Å². The molecule has 0 spiro atoms. The first kappa shape index (κ1) is 66.9. The summed E-state index contributed by atoms with van der Waals surface area (Å²) < 4.78 is 16.7. The van der Waals surface area contributed by atoms with E-state index in [-0.39, 0.29) is 31.1 Å². The molecule has 406 valence electrons. The third-order valence-electron chi connectivity index (χ3n) is 14.0. The molecule has 1 atom stereocenters.